The van der Waals surface area contributed by atoms with Gasteiger partial charge in [0, 0.05) is 52.9 Å². The lowest BCUT2D eigenvalue weighted by Crippen LogP contribution is -2.43. The van der Waals surface area contributed by atoms with Gasteiger partial charge in [0.1, 0.15) is 0 Å². The number of ether oxygens (including phenoxy) is 2. The Morgan fingerprint density at radius 2 is 1.80 bits per heavy atom. The summed E-state index contributed by atoms with van der Waals surface area (Å²) < 4.78 is 10.8. The molecule has 2 aliphatic rings. The Bertz CT molecular complexity index is 290. The van der Waals surface area contributed by atoms with Crippen LogP contribution in [-0.4, -0.2) is 64.5 Å². The number of hydrogen-bond acceptors (Lipinski definition) is 3. The fourth-order valence-electron chi connectivity index (χ4n) is 2.77. The van der Waals surface area contributed by atoms with Crippen molar-refractivity contribution in [2.24, 2.45) is 16.8 Å². The van der Waals surface area contributed by atoms with Crippen molar-refractivity contribution >= 4 is 29.9 Å². The third kappa shape index (κ3) is 5.73. The van der Waals surface area contributed by atoms with E-state index in [0.29, 0.717) is 11.8 Å². The number of rotatable bonds is 4. The molecular formula is C14H28IN3O2. The number of guanidine groups is 1. The molecule has 5 nitrogen and oxygen atoms in total. The number of aliphatic imine (C=N–C) groups is 1. The highest BCUT2D eigenvalue weighted by Crippen LogP contribution is 2.15. The maximum Gasteiger partial charge on any atom is 0.193 e. The van der Waals surface area contributed by atoms with Crippen LogP contribution in [0.5, 0.6) is 0 Å². The molecule has 2 aliphatic heterocycles. The van der Waals surface area contributed by atoms with Crippen LogP contribution in [0.4, 0.5) is 0 Å². The van der Waals surface area contributed by atoms with Gasteiger partial charge in [0.05, 0.1) is 6.61 Å². The third-order valence-corrected chi connectivity index (χ3v) is 4.02. The van der Waals surface area contributed by atoms with Gasteiger partial charge < -0.3 is 19.7 Å². The third-order valence-electron chi connectivity index (χ3n) is 4.02. The Labute approximate surface area is 139 Å². The van der Waals surface area contributed by atoms with Gasteiger partial charge in [-0.2, -0.15) is 0 Å². The molecule has 118 valence electrons. The summed E-state index contributed by atoms with van der Waals surface area (Å²) in [6.45, 7) is 5.63. The van der Waals surface area contributed by atoms with E-state index < -0.39 is 0 Å². The number of nitrogens with one attached hydrogen (secondary N) is 1. The largest absolute Gasteiger partial charge is 0.381 e. The maximum atomic E-state index is 5.43. The van der Waals surface area contributed by atoms with Crippen molar-refractivity contribution in [3.05, 3.63) is 0 Å². The molecule has 0 aromatic rings. The zero-order chi connectivity index (χ0) is 13.5. The van der Waals surface area contributed by atoms with E-state index >= 15 is 0 Å². The summed E-state index contributed by atoms with van der Waals surface area (Å²) in [6, 6.07) is 0. The lowest BCUT2D eigenvalue weighted by atomic mass is 10.0. The SMILES string of the molecule is CN=C(NCC1CCOCC1)N(C)CC1CCOC1.I. The topological polar surface area (TPSA) is 46.1 Å². The Hall–Kier alpha value is -0.0800. The molecule has 20 heavy (non-hydrogen) atoms. The van der Waals surface area contributed by atoms with Crippen LogP contribution in [0, 0.1) is 11.8 Å². The quantitative estimate of drug-likeness (QED) is 0.445. The van der Waals surface area contributed by atoms with Crippen molar-refractivity contribution in [1.82, 2.24) is 10.2 Å². The second-order valence-electron chi connectivity index (χ2n) is 5.59. The molecule has 0 aromatic heterocycles. The summed E-state index contributed by atoms with van der Waals surface area (Å²) in [4.78, 5) is 6.59. The Balaban J connectivity index is 0.00000200. The molecule has 0 spiro atoms. The van der Waals surface area contributed by atoms with E-state index in [1.165, 1.54) is 6.42 Å². The molecule has 2 heterocycles. The highest BCUT2D eigenvalue weighted by atomic mass is 127. The van der Waals surface area contributed by atoms with E-state index in [-0.39, 0.29) is 24.0 Å². The van der Waals surface area contributed by atoms with Crippen LogP contribution < -0.4 is 5.32 Å². The van der Waals surface area contributed by atoms with Crippen LogP contribution in [0.3, 0.4) is 0 Å². The first kappa shape index (κ1) is 18.0. The van der Waals surface area contributed by atoms with Gasteiger partial charge in [-0.15, -0.1) is 24.0 Å². The standard InChI is InChI=1S/C14H27N3O2.HI/c1-15-14(16-9-12-3-6-18-7-4-12)17(2)10-13-5-8-19-11-13;/h12-13H,3-11H2,1-2H3,(H,15,16);1H. The van der Waals surface area contributed by atoms with Crippen molar-refractivity contribution in [3.63, 3.8) is 0 Å². The average molecular weight is 397 g/mol. The van der Waals surface area contributed by atoms with Crippen LogP contribution in [0.1, 0.15) is 19.3 Å². The van der Waals surface area contributed by atoms with Gasteiger partial charge in [-0.3, -0.25) is 4.99 Å². The zero-order valence-corrected chi connectivity index (χ0v) is 15.0. The zero-order valence-electron chi connectivity index (χ0n) is 12.6. The molecule has 0 amide bonds. The summed E-state index contributed by atoms with van der Waals surface area (Å²) in [5, 5.41) is 3.49. The highest BCUT2D eigenvalue weighted by molar-refractivity contribution is 14.0. The van der Waals surface area contributed by atoms with Crippen molar-refractivity contribution < 1.29 is 9.47 Å². The molecule has 0 aliphatic carbocycles. The molecule has 1 unspecified atom stereocenters. The van der Waals surface area contributed by atoms with Crippen molar-refractivity contribution in [2.75, 3.05) is 53.6 Å². The minimum absolute atomic E-state index is 0. The first-order valence-corrected chi connectivity index (χ1v) is 7.37. The number of halogens is 1. The molecule has 2 fully saturated rings. The van der Waals surface area contributed by atoms with Gasteiger partial charge in [0.25, 0.3) is 0 Å². The van der Waals surface area contributed by atoms with E-state index in [0.717, 1.165) is 58.3 Å². The monoisotopic (exact) mass is 397 g/mol. The molecule has 6 heteroatoms. The predicted octanol–water partition coefficient (Wildman–Crippen LogP) is 1.57. The fraction of sp³-hybridized carbons (Fsp3) is 0.929. The summed E-state index contributed by atoms with van der Waals surface area (Å²) >= 11 is 0. The van der Waals surface area contributed by atoms with E-state index in [1.807, 2.05) is 7.05 Å². The number of nitrogens with zero attached hydrogens (tertiary/aromatic N) is 2. The van der Waals surface area contributed by atoms with Crippen LogP contribution in [0.2, 0.25) is 0 Å². The normalized spacial score (nSPS) is 24.3. The summed E-state index contributed by atoms with van der Waals surface area (Å²) in [7, 11) is 3.96. The lowest BCUT2D eigenvalue weighted by molar-refractivity contribution is 0.0673. The van der Waals surface area contributed by atoms with Crippen LogP contribution in [0.15, 0.2) is 4.99 Å². The minimum Gasteiger partial charge on any atom is -0.381 e. The van der Waals surface area contributed by atoms with Gasteiger partial charge in [0.15, 0.2) is 5.96 Å². The first-order valence-electron chi connectivity index (χ1n) is 7.37. The second kappa shape index (κ2) is 9.78. The smallest absolute Gasteiger partial charge is 0.193 e. The van der Waals surface area contributed by atoms with Gasteiger partial charge in [-0.25, -0.2) is 0 Å². The molecule has 2 rings (SSSR count). The van der Waals surface area contributed by atoms with Gasteiger partial charge in [-0.05, 0) is 25.2 Å². The average Bonchev–Trinajstić information content (AvgIpc) is 2.93. The van der Waals surface area contributed by atoms with Gasteiger partial charge in [-0.1, -0.05) is 0 Å². The molecule has 0 saturated carbocycles. The first-order chi connectivity index (χ1) is 9.29. The highest BCUT2D eigenvalue weighted by Gasteiger charge is 2.20. The van der Waals surface area contributed by atoms with Gasteiger partial charge in [0.2, 0.25) is 0 Å². The Kier molecular flexibility index (Phi) is 8.79. The Morgan fingerprint density at radius 3 is 2.40 bits per heavy atom. The number of hydrogen-bond donors (Lipinski definition) is 1. The lowest BCUT2D eigenvalue weighted by Gasteiger charge is -2.27. The van der Waals surface area contributed by atoms with Crippen molar-refractivity contribution in [2.45, 2.75) is 19.3 Å². The predicted molar refractivity (Wildman–Crippen MR) is 91.9 cm³/mol. The van der Waals surface area contributed by atoms with Gasteiger partial charge >= 0.3 is 0 Å². The second-order valence-corrected chi connectivity index (χ2v) is 5.59. The van der Waals surface area contributed by atoms with Crippen molar-refractivity contribution in [3.8, 4) is 0 Å². The molecule has 0 bridgehead atoms. The molecular weight excluding hydrogens is 369 g/mol. The maximum absolute atomic E-state index is 5.43. The summed E-state index contributed by atoms with van der Waals surface area (Å²) in [6.07, 6.45) is 3.48. The minimum atomic E-state index is 0. The molecule has 0 aromatic carbocycles. The van der Waals surface area contributed by atoms with E-state index in [4.69, 9.17) is 9.47 Å². The van der Waals surface area contributed by atoms with Crippen LogP contribution in [0.25, 0.3) is 0 Å². The molecule has 0 radical (unpaired) electrons. The van der Waals surface area contributed by atoms with E-state index in [9.17, 15) is 0 Å². The van der Waals surface area contributed by atoms with E-state index in [1.54, 1.807) is 0 Å². The molecule has 1 N–H and O–H groups in total. The van der Waals surface area contributed by atoms with Crippen LogP contribution >= 0.6 is 24.0 Å². The summed E-state index contributed by atoms with van der Waals surface area (Å²) in [5.74, 6) is 2.36. The Morgan fingerprint density at radius 1 is 1.15 bits per heavy atom. The van der Waals surface area contributed by atoms with Crippen molar-refractivity contribution in [1.29, 1.82) is 0 Å². The van der Waals surface area contributed by atoms with E-state index in [2.05, 4.69) is 22.3 Å². The fourth-order valence-corrected chi connectivity index (χ4v) is 2.77. The summed E-state index contributed by atoms with van der Waals surface area (Å²) in [5.41, 5.74) is 0. The molecule has 2 saturated heterocycles. The van der Waals surface area contributed by atoms with Crippen LogP contribution in [-0.2, 0) is 9.47 Å². The molecule has 1 atom stereocenters.